The van der Waals surface area contributed by atoms with Crippen LogP contribution in [0.15, 0.2) is 42.5 Å². The van der Waals surface area contributed by atoms with Crippen LogP contribution in [-0.2, 0) is 19.1 Å². The second-order valence-corrected chi connectivity index (χ2v) is 7.03. The number of rotatable bonds is 6. The smallest absolute Gasteiger partial charge is 0.311 e. The zero-order valence-electron chi connectivity index (χ0n) is 16.7. The van der Waals surface area contributed by atoms with E-state index in [0.29, 0.717) is 17.1 Å². The van der Waals surface area contributed by atoms with Crippen molar-refractivity contribution in [2.75, 3.05) is 30.5 Å². The minimum atomic E-state index is -0.610. The third-order valence-electron chi connectivity index (χ3n) is 4.91. The fourth-order valence-corrected chi connectivity index (χ4v) is 3.34. The Kier molecular flexibility index (Phi) is 6.16. The van der Waals surface area contributed by atoms with E-state index in [2.05, 4.69) is 5.32 Å². The van der Waals surface area contributed by atoms with Crippen LogP contribution in [-0.4, -0.2) is 38.0 Å². The van der Waals surface area contributed by atoms with E-state index in [1.165, 1.54) is 4.90 Å². The van der Waals surface area contributed by atoms with E-state index in [0.717, 1.165) is 11.1 Å². The Balaban J connectivity index is 1.56. The first-order valence-electron chi connectivity index (χ1n) is 9.36. The predicted molar refractivity (Wildman–Crippen MR) is 109 cm³/mol. The van der Waals surface area contributed by atoms with Crippen LogP contribution < -0.4 is 15.0 Å². The van der Waals surface area contributed by atoms with Crippen molar-refractivity contribution in [1.29, 1.82) is 0 Å². The Bertz CT molecular complexity index is 920. The number of carbonyl (C=O) groups excluding carboxylic acids is 3. The number of nitrogens with one attached hydrogen (secondary N) is 1. The van der Waals surface area contributed by atoms with E-state index in [4.69, 9.17) is 9.47 Å². The lowest BCUT2D eigenvalue weighted by Gasteiger charge is -2.17. The van der Waals surface area contributed by atoms with E-state index in [1.807, 2.05) is 32.0 Å². The quantitative estimate of drug-likeness (QED) is 0.759. The number of esters is 1. The Morgan fingerprint density at radius 3 is 2.52 bits per heavy atom. The molecule has 0 bridgehead atoms. The average molecular weight is 396 g/mol. The van der Waals surface area contributed by atoms with Gasteiger partial charge in [0.2, 0.25) is 5.91 Å². The standard InChI is InChI=1S/C22H24N2O5/c1-14-6-4-7-15(2)21(14)23-19(25)13-29-22(27)16-10-20(26)24(12-16)17-8-5-9-18(11-17)28-3/h4-9,11,16H,10,12-13H2,1-3H3,(H,23,25)/t16-/m0/s1. The van der Waals surface area contributed by atoms with Crippen LogP contribution in [0.2, 0.25) is 0 Å². The maximum Gasteiger partial charge on any atom is 0.311 e. The molecule has 1 N–H and O–H groups in total. The first-order chi connectivity index (χ1) is 13.9. The van der Waals surface area contributed by atoms with Crippen LogP contribution in [0.25, 0.3) is 0 Å². The van der Waals surface area contributed by atoms with Gasteiger partial charge in [0.15, 0.2) is 6.61 Å². The number of carbonyl (C=O) groups is 3. The molecule has 1 aliphatic rings. The van der Waals surface area contributed by atoms with Gasteiger partial charge < -0.3 is 19.7 Å². The lowest BCUT2D eigenvalue weighted by atomic mass is 10.1. The molecule has 0 aromatic heterocycles. The third kappa shape index (κ3) is 4.74. The van der Waals surface area contributed by atoms with E-state index in [9.17, 15) is 14.4 Å². The molecule has 29 heavy (non-hydrogen) atoms. The summed E-state index contributed by atoms with van der Waals surface area (Å²) in [5, 5.41) is 2.77. The summed E-state index contributed by atoms with van der Waals surface area (Å²) in [6.07, 6.45) is 0.0502. The van der Waals surface area contributed by atoms with Gasteiger partial charge in [-0.1, -0.05) is 24.3 Å². The molecule has 0 unspecified atom stereocenters. The highest BCUT2D eigenvalue weighted by Crippen LogP contribution is 2.28. The van der Waals surface area contributed by atoms with Crippen LogP contribution >= 0.6 is 0 Å². The van der Waals surface area contributed by atoms with Crippen LogP contribution in [0.4, 0.5) is 11.4 Å². The van der Waals surface area contributed by atoms with Crippen LogP contribution in [0.1, 0.15) is 17.5 Å². The second-order valence-electron chi connectivity index (χ2n) is 7.03. The number of nitrogens with zero attached hydrogens (tertiary/aromatic N) is 1. The Labute approximate surface area is 169 Å². The topological polar surface area (TPSA) is 84.9 Å². The van der Waals surface area contributed by atoms with Gasteiger partial charge in [0.25, 0.3) is 5.91 Å². The maximum atomic E-state index is 12.4. The van der Waals surface area contributed by atoms with Crippen molar-refractivity contribution in [2.45, 2.75) is 20.3 Å². The molecule has 2 amide bonds. The molecule has 152 valence electrons. The van der Waals surface area contributed by atoms with Gasteiger partial charge in [0.1, 0.15) is 5.75 Å². The molecule has 1 atom stereocenters. The first-order valence-corrected chi connectivity index (χ1v) is 9.36. The molecule has 2 aromatic rings. The van der Waals surface area contributed by atoms with Crippen LogP contribution in [0.3, 0.4) is 0 Å². The van der Waals surface area contributed by atoms with E-state index in [1.54, 1.807) is 31.4 Å². The first kappa shape index (κ1) is 20.4. The number of benzene rings is 2. The molecule has 0 radical (unpaired) electrons. The van der Waals surface area contributed by atoms with Crippen LogP contribution in [0.5, 0.6) is 5.75 Å². The maximum absolute atomic E-state index is 12.4. The highest BCUT2D eigenvalue weighted by molar-refractivity contribution is 6.00. The SMILES string of the molecule is COc1cccc(N2C[C@@H](C(=O)OCC(=O)Nc3c(C)cccc3C)CC2=O)c1. The van der Waals surface area contributed by atoms with Gasteiger partial charge in [-0.2, -0.15) is 0 Å². The summed E-state index contributed by atoms with van der Waals surface area (Å²) >= 11 is 0. The summed E-state index contributed by atoms with van der Waals surface area (Å²) in [6, 6.07) is 12.8. The van der Waals surface area contributed by atoms with E-state index < -0.39 is 24.4 Å². The van der Waals surface area contributed by atoms with E-state index >= 15 is 0 Å². The number of amides is 2. The molecular weight excluding hydrogens is 372 g/mol. The van der Waals surface area contributed by atoms with Crippen molar-refractivity contribution >= 4 is 29.2 Å². The number of ether oxygens (including phenoxy) is 2. The van der Waals surface area contributed by atoms with Crippen molar-refractivity contribution in [3.05, 3.63) is 53.6 Å². The molecule has 7 nitrogen and oxygen atoms in total. The normalized spacial score (nSPS) is 15.9. The van der Waals surface area contributed by atoms with Crippen molar-refractivity contribution < 1.29 is 23.9 Å². The molecule has 1 saturated heterocycles. The van der Waals surface area contributed by atoms with Crippen molar-refractivity contribution in [3.8, 4) is 5.75 Å². The molecule has 0 saturated carbocycles. The predicted octanol–water partition coefficient (Wildman–Crippen LogP) is 2.85. The highest BCUT2D eigenvalue weighted by atomic mass is 16.5. The summed E-state index contributed by atoms with van der Waals surface area (Å²) in [5.74, 6) is -1.11. The van der Waals surface area contributed by atoms with Gasteiger partial charge in [0, 0.05) is 30.4 Å². The Morgan fingerprint density at radius 1 is 1.14 bits per heavy atom. The molecule has 0 aliphatic carbocycles. The second kappa shape index (κ2) is 8.77. The van der Waals surface area contributed by atoms with Gasteiger partial charge >= 0.3 is 5.97 Å². The van der Waals surface area contributed by atoms with Gasteiger partial charge in [0.05, 0.1) is 13.0 Å². The number of aryl methyl sites for hydroxylation is 2. The molecule has 7 heteroatoms. The molecule has 1 heterocycles. The summed E-state index contributed by atoms with van der Waals surface area (Å²) in [5.41, 5.74) is 3.24. The Hall–Kier alpha value is -3.35. The number of methoxy groups -OCH3 is 1. The number of hydrogen-bond donors (Lipinski definition) is 1. The van der Waals surface area contributed by atoms with Crippen LogP contribution in [0, 0.1) is 19.8 Å². The van der Waals surface area contributed by atoms with Crippen molar-refractivity contribution in [3.63, 3.8) is 0 Å². The lowest BCUT2D eigenvalue weighted by molar-refractivity contribution is -0.151. The molecular formula is C22H24N2O5. The van der Waals surface area contributed by atoms with E-state index in [-0.39, 0.29) is 18.9 Å². The summed E-state index contributed by atoms with van der Waals surface area (Å²) in [7, 11) is 1.55. The third-order valence-corrected chi connectivity index (χ3v) is 4.91. The largest absolute Gasteiger partial charge is 0.497 e. The number of anilines is 2. The number of para-hydroxylation sites is 1. The fraction of sp³-hybridized carbons (Fsp3) is 0.318. The summed E-state index contributed by atoms with van der Waals surface area (Å²) in [4.78, 5) is 38.4. The zero-order chi connectivity index (χ0) is 21.0. The average Bonchev–Trinajstić information content (AvgIpc) is 3.11. The Morgan fingerprint density at radius 2 is 1.83 bits per heavy atom. The van der Waals surface area contributed by atoms with Crippen molar-refractivity contribution in [2.24, 2.45) is 5.92 Å². The highest BCUT2D eigenvalue weighted by Gasteiger charge is 2.36. The molecule has 3 rings (SSSR count). The van der Waals surface area contributed by atoms with Gasteiger partial charge in [-0.05, 0) is 37.1 Å². The molecule has 2 aromatic carbocycles. The molecule has 0 spiro atoms. The lowest BCUT2D eigenvalue weighted by Crippen LogP contribution is -2.28. The summed E-state index contributed by atoms with van der Waals surface area (Å²) < 4.78 is 10.3. The minimum Gasteiger partial charge on any atom is -0.497 e. The van der Waals surface area contributed by atoms with Gasteiger partial charge in [-0.15, -0.1) is 0 Å². The minimum absolute atomic E-state index is 0.0502. The fourth-order valence-electron chi connectivity index (χ4n) is 3.34. The van der Waals surface area contributed by atoms with Gasteiger partial charge in [-0.3, -0.25) is 14.4 Å². The monoisotopic (exact) mass is 396 g/mol. The van der Waals surface area contributed by atoms with Crippen molar-refractivity contribution in [1.82, 2.24) is 0 Å². The zero-order valence-corrected chi connectivity index (χ0v) is 16.7. The molecule has 1 fully saturated rings. The summed E-state index contributed by atoms with van der Waals surface area (Å²) in [6.45, 7) is 3.61. The molecule has 1 aliphatic heterocycles. The van der Waals surface area contributed by atoms with Gasteiger partial charge in [-0.25, -0.2) is 0 Å². The number of hydrogen-bond acceptors (Lipinski definition) is 5.